The molecule has 1 amide bonds. The molecule has 1 aromatic carbocycles. The van der Waals surface area contributed by atoms with Gasteiger partial charge < -0.3 is 5.32 Å². The summed E-state index contributed by atoms with van der Waals surface area (Å²) in [6.45, 7) is 0. The number of benzene rings is 1. The summed E-state index contributed by atoms with van der Waals surface area (Å²) in [6.07, 6.45) is -1.15. The van der Waals surface area contributed by atoms with Crippen molar-refractivity contribution in [2.24, 2.45) is 0 Å². The van der Waals surface area contributed by atoms with E-state index in [0.717, 1.165) is 18.9 Å². The van der Waals surface area contributed by atoms with E-state index in [1.807, 2.05) is 0 Å². The zero-order chi connectivity index (χ0) is 15.7. The van der Waals surface area contributed by atoms with Gasteiger partial charge in [-0.3, -0.25) is 4.79 Å². The summed E-state index contributed by atoms with van der Waals surface area (Å²) in [5, 5.41) is 2.33. The van der Waals surface area contributed by atoms with Crippen LogP contribution in [0.1, 0.15) is 47.2 Å². The number of nitrogens with one attached hydrogen (secondary N) is 1. The second kappa shape index (κ2) is 5.75. The van der Waals surface area contributed by atoms with Crippen molar-refractivity contribution in [3.8, 4) is 0 Å². The lowest BCUT2D eigenvalue weighted by atomic mass is 10.2. The Morgan fingerprint density at radius 2 is 1.95 bits per heavy atom. The summed E-state index contributed by atoms with van der Waals surface area (Å²) < 4.78 is 39.3. The zero-order valence-corrected chi connectivity index (χ0v) is 11.4. The van der Waals surface area contributed by atoms with E-state index in [0.29, 0.717) is 0 Å². The molecule has 0 radical (unpaired) electrons. The lowest BCUT2D eigenvalue weighted by Crippen LogP contribution is -2.17. The fourth-order valence-corrected chi connectivity index (χ4v) is 1.99. The summed E-state index contributed by atoms with van der Waals surface area (Å²) in [5.74, 6) is -1.08. The fourth-order valence-electron chi connectivity index (χ4n) is 1.99. The van der Waals surface area contributed by atoms with Crippen LogP contribution in [0.15, 0.2) is 30.3 Å². The molecule has 1 aliphatic carbocycles. The van der Waals surface area contributed by atoms with Crippen molar-refractivity contribution in [2.75, 3.05) is 5.32 Å². The summed E-state index contributed by atoms with van der Waals surface area (Å²) in [6, 6.07) is 6.54. The van der Waals surface area contributed by atoms with Gasteiger partial charge in [0.1, 0.15) is 23.0 Å². The Balaban J connectivity index is 1.89. The van der Waals surface area contributed by atoms with Crippen LogP contribution >= 0.6 is 0 Å². The van der Waals surface area contributed by atoms with Gasteiger partial charge in [-0.05, 0) is 31.0 Å². The normalized spacial score (nSPS) is 14.2. The minimum Gasteiger partial charge on any atom is -0.318 e. The maximum atomic E-state index is 13.5. The highest BCUT2D eigenvalue weighted by molar-refractivity contribution is 6.03. The SMILES string of the molecule is O=C(Nc1ccccc1F)c1cc(C(F)F)nc(C2CC2)n1. The van der Waals surface area contributed by atoms with Crippen molar-refractivity contribution < 1.29 is 18.0 Å². The van der Waals surface area contributed by atoms with E-state index >= 15 is 0 Å². The van der Waals surface area contributed by atoms with Crippen molar-refractivity contribution in [1.29, 1.82) is 0 Å². The lowest BCUT2D eigenvalue weighted by Gasteiger charge is -2.08. The number of hydrogen-bond acceptors (Lipinski definition) is 3. The predicted molar refractivity (Wildman–Crippen MR) is 73.3 cm³/mol. The Labute approximate surface area is 124 Å². The number of rotatable bonds is 4. The Morgan fingerprint density at radius 1 is 1.23 bits per heavy atom. The molecular formula is C15H12F3N3O. The topological polar surface area (TPSA) is 54.9 Å². The third-order valence-corrected chi connectivity index (χ3v) is 3.28. The molecule has 0 saturated heterocycles. The second-order valence-corrected chi connectivity index (χ2v) is 5.05. The quantitative estimate of drug-likeness (QED) is 0.937. The molecule has 1 aromatic heterocycles. The highest BCUT2D eigenvalue weighted by atomic mass is 19.3. The summed E-state index contributed by atoms with van der Waals surface area (Å²) >= 11 is 0. The van der Waals surface area contributed by atoms with Crippen molar-refractivity contribution >= 4 is 11.6 Å². The molecule has 0 spiro atoms. The van der Waals surface area contributed by atoms with Crippen LogP contribution in [0, 0.1) is 5.82 Å². The second-order valence-electron chi connectivity index (χ2n) is 5.05. The molecule has 3 rings (SSSR count). The van der Waals surface area contributed by atoms with Crippen LogP contribution in [0.5, 0.6) is 0 Å². The molecular weight excluding hydrogens is 295 g/mol. The van der Waals surface area contributed by atoms with Gasteiger partial charge in [-0.1, -0.05) is 12.1 Å². The Kier molecular flexibility index (Phi) is 3.79. The molecule has 22 heavy (non-hydrogen) atoms. The number of nitrogens with zero attached hydrogens (tertiary/aromatic N) is 2. The van der Waals surface area contributed by atoms with Crippen molar-refractivity contribution in [2.45, 2.75) is 25.2 Å². The van der Waals surface area contributed by atoms with Gasteiger partial charge in [0, 0.05) is 5.92 Å². The zero-order valence-electron chi connectivity index (χ0n) is 11.4. The smallest absolute Gasteiger partial charge is 0.280 e. The standard InChI is InChI=1S/C15H12F3N3O/c16-9-3-1-2-4-10(9)21-15(22)12-7-11(13(17)18)19-14(20-12)8-5-6-8/h1-4,7-8,13H,5-6H2,(H,21,22). The van der Waals surface area contributed by atoms with Gasteiger partial charge in [0.15, 0.2) is 0 Å². The molecule has 0 aliphatic heterocycles. The van der Waals surface area contributed by atoms with Crippen LogP contribution in [0.2, 0.25) is 0 Å². The number of alkyl halides is 2. The monoisotopic (exact) mass is 307 g/mol. The molecule has 1 N–H and O–H groups in total. The molecule has 114 valence electrons. The maximum absolute atomic E-state index is 13.5. The number of aromatic nitrogens is 2. The Hall–Kier alpha value is -2.44. The van der Waals surface area contributed by atoms with Gasteiger partial charge >= 0.3 is 0 Å². The van der Waals surface area contributed by atoms with Crippen molar-refractivity contribution in [3.63, 3.8) is 0 Å². The number of carbonyl (C=O) groups is 1. The molecule has 1 saturated carbocycles. The molecule has 0 atom stereocenters. The molecule has 1 aliphatic rings. The minimum atomic E-state index is -2.79. The highest BCUT2D eigenvalue weighted by Crippen LogP contribution is 2.38. The van der Waals surface area contributed by atoms with Crippen LogP contribution < -0.4 is 5.32 Å². The van der Waals surface area contributed by atoms with E-state index in [2.05, 4.69) is 15.3 Å². The fraction of sp³-hybridized carbons (Fsp3) is 0.267. The van der Waals surface area contributed by atoms with E-state index < -0.39 is 23.8 Å². The summed E-state index contributed by atoms with van der Waals surface area (Å²) in [7, 11) is 0. The molecule has 2 aromatic rings. The average molecular weight is 307 g/mol. The van der Waals surface area contributed by atoms with Crippen LogP contribution in [-0.4, -0.2) is 15.9 Å². The van der Waals surface area contributed by atoms with Gasteiger partial charge in [0.25, 0.3) is 12.3 Å². The molecule has 7 heteroatoms. The van der Waals surface area contributed by atoms with E-state index in [9.17, 15) is 18.0 Å². The number of amides is 1. The van der Waals surface area contributed by atoms with Gasteiger partial charge in [0.2, 0.25) is 0 Å². The first-order valence-corrected chi connectivity index (χ1v) is 6.77. The number of halogens is 3. The number of hydrogen-bond donors (Lipinski definition) is 1. The predicted octanol–water partition coefficient (Wildman–Crippen LogP) is 3.68. The number of anilines is 1. The van der Waals surface area contributed by atoms with Gasteiger partial charge in [-0.15, -0.1) is 0 Å². The summed E-state index contributed by atoms with van der Waals surface area (Å²) in [5.41, 5.74) is -0.705. The average Bonchev–Trinajstić information content (AvgIpc) is 3.34. The Morgan fingerprint density at radius 3 is 2.59 bits per heavy atom. The van der Waals surface area contributed by atoms with Gasteiger partial charge in [-0.2, -0.15) is 0 Å². The maximum Gasteiger partial charge on any atom is 0.280 e. The van der Waals surface area contributed by atoms with Gasteiger partial charge in [-0.25, -0.2) is 23.1 Å². The van der Waals surface area contributed by atoms with E-state index in [4.69, 9.17) is 0 Å². The van der Waals surface area contributed by atoms with Crippen molar-refractivity contribution in [3.05, 3.63) is 53.4 Å². The van der Waals surface area contributed by atoms with Crippen molar-refractivity contribution in [1.82, 2.24) is 9.97 Å². The minimum absolute atomic E-state index is 0.0266. The third-order valence-electron chi connectivity index (χ3n) is 3.28. The highest BCUT2D eigenvalue weighted by Gasteiger charge is 2.29. The van der Waals surface area contributed by atoms with Crippen LogP contribution in [0.4, 0.5) is 18.9 Å². The largest absolute Gasteiger partial charge is 0.318 e. The lowest BCUT2D eigenvalue weighted by molar-refractivity contribution is 0.102. The van der Waals surface area contributed by atoms with Gasteiger partial charge in [0.05, 0.1) is 5.69 Å². The first-order chi connectivity index (χ1) is 10.5. The van der Waals surface area contributed by atoms with Crippen LogP contribution in [0.25, 0.3) is 0 Å². The Bertz CT molecular complexity index is 697. The number of carbonyl (C=O) groups excluding carboxylic acids is 1. The first kappa shape index (κ1) is 14.5. The molecule has 1 heterocycles. The first-order valence-electron chi connectivity index (χ1n) is 6.77. The van der Waals surface area contributed by atoms with E-state index in [1.54, 1.807) is 6.07 Å². The molecule has 0 unspecified atom stereocenters. The van der Waals surface area contributed by atoms with Crippen LogP contribution in [0.3, 0.4) is 0 Å². The van der Waals surface area contributed by atoms with E-state index in [-0.39, 0.29) is 23.1 Å². The molecule has 4 nitrogen and oxygen atoms in total. The molecule has 1 fully saturated rings. The molecule has 0 bridgehead atoms. The number of para-hydroxylation sites is 1. The van der Waals surface area contributed by atoms with Crippen LogP contribution in [-0.2, 0) is 0 Å². The van der Waals surface area contributed by atoms with E-state index in [1.165, 1.54) is 18.2 Å². The third kappa shape index (κ3) is 3.08. The summed E-state index contributed by atoms with van der Waals surface area (Å²) in [4.78, 5) is 19.9.